The van der Waals surface area contributed by atoms with Crippen molar-refractivity contribution in [2.45, 2.75) is 31.8 Å². The van der Waals surface area contributed by atoms with Gasteiger partial charge in [0.25, 0.3) is 0 Å². The monoisotopic (exact) mass is 502 g/mol. The van der Waals surface area contributed by atoms with Gasteiger partial charge in [0.05, 0.1) is 36.7 Å². The lowest BCUT2D eigenvalue weighted by molar-refractivity contribution is -0.129. The highest BCUT2D eigenvalue weighted by molar-refractivity contribution is 6.24. The summed E-state index contributed by atoms with van der Waals surface area (Å²) in [7, 11) is 2.86. The number of nitrogens with zero attached hydrogens (tertiary/aromatic N) is 4. The summed E-state index contributed by atoms with van der Waals surface area (Å²) in [5, 5.41) is 11.2. The molecule has 1 N–H and O–H groups in total. The van der Waals surface area contributed by atoms with E-state index in [1.54, 1.807) is 55.5 Å². The number of amides is 2. The lowest BCUT2D eigenvalue weighted by Crippen LogP contribution is -2.49. The minimum Gasteiger partial charge on any atom is -0.504 e. The number of hydrogen-bond acceptors (Lipinski definition) is 6. The summed E-state index contributed by atoms with van der Waals surface area (Å²) in [5.41, 5.74) is -0.583. The number of benzene rings is 2. The van der Waals surface area contributed by atoms with Gasteiger partial charge in [-0.3, -0.25) is 9.59 Å². The number of phenolic OH excluding ortho intramolecular Hbond substituents is 1. The van der Waals surface area contributed by atoms with Gasteiger partial charge in [-0.2, -0.15) is 0 Å². The Morgan fingerprint density at radius 3 is 2.43 bits per heavy atom. The second kappa shape index (κ2) is 7.83. The van der Waals surface area contributed by atoms with Gasteiger partial charge in [0.2, 0.25) is 11.8 Å². The lowest BCUT2D eigenvalue weighted by Gasteiger charge is -2.47. The Bertz CT molecular complexity index is 1610. The Labute approximate surface area is 211 Å². The standard InChI is InChI=1S/C27H26N4O6/c1-27-18(23(33)30(24(27)34)15-8-5-4-6-9-15)14-19-16(12-13-29-25(35)28(2)26(36)31(19)29)21(27)17-10-7-11-20(37-3)22(17)32/h4-12,18-19,21,32H,13-14H2,1-3H3/t18-,19+,21+,27+/m0/s1. The maximum Gasteiger partial charge on any atom is 0.347 e. The maximum absolute atomic E-state index is 14.2. The van der Waals surface area contributed by atoms with Gasteiger partial charge < -0.3 is 9.84 Å². The van der Waals surface area contributed by atoms with Gasteiger partial charge in [0.15, 0.2) is 11.5 Å². The summed E-state index contributed by atoms with van der Waals surface area (Å²) in [6.45, 7) is 1.89. The Kier molecular flexibility index (Phi) is 4.88. The van der Waals surface area contributed by atoms with Crippen LogP contribution in [-0.4, -0.2) is 38.0 Å². The van der Waals surface area contributed by atoms with E-state index < -0.39 is 34.7 Å². The number of para-hydroxylation sites is 2. The van der Waals surface area contributed by atoms with Crippen molar-refractivity contribution in [1.82, 2.24) is 13.9 Å². The molecule has 2 fully saturated rings. The molecule has 0 radical (unpaired) electrons. The number of ether oxygens (including phenoxy) is 1. The number of carbonyl (C=O) groups is 2. The summed E-state index contributed by atoms with van der Waals surface area (Å²) in [5.74, 6) is -2.17. The molecule has 1 saturated carbocycles. The topological polar surface area (TPSA) is 116 Å². The van der Waals surface area contributed by atoms with Gasteiger partial charge in [0, 0.05) is 18.5 Å². The zero-order chi connectivity index (χ0) is 26.2. The van der Waals surface area contributed by atoms with Crippen LogP contribution in [0.4, 0.5) is 5.69 Å². The van der Waals surface area contributed by atoms with Crippen LogP contribution >= 0.6 is 0 Å². The number of anilines is 1. The number of fused-ring (bicyclic) bond motifs is 4. The van der Waals surface area contributed by atoms with E-state index in [-0.39, 0.29) is 36.3 Å². The molecule has 2 aromatic carbocycles. The highest BCUT2D eigenvalue weighted by Crippen LogP contribution is 2.62. The zero-order valence-electron chi connectivity index (χ0n) is 20.6. The van der Waals surface area contributed by atoms with Crippen molar-refractivity contribution in [1.29, 1.82) is 0 Å². The highest BCUT2D eigenvalue weighted by atomic mass is 16.5. The molecule has 1 aliphatic carbocycles. The third-order valence-electron chi connectivity index (χ3n) is 8.30. The summed E-state index contributed by atoms with van der Waals surface area (Å²) in [6.07, 6.45) is 2.01. The smallest absolute Gasteiger partial charge is 0.347 e. The van der Waals surface area contributed by atoms with Crippen LogP contribution in [0.1, 0.15) is 30.9 Å². The molecule has 1 aromatic heterocycles. The summed E-state index contributed by atoms with van der Waals surface area (Å²) in [6, 6.07) is 13.2. The van der Waals surface area contributed by atoms with E-state index in [9.17, 15) is 24.3 Å². The molecule has 3 heterocycles. The minimum absolute atomic E-state index is 0.127. The summed E-state index contributed by atoms with van der Waals surface area (Å²) in [4.78, 5) is 55.2. The van der Waals surface area contributed by atoms with Gasteiger partial charge in [-0.1, -0.05) is 36.4 Å². The quantitative estimate of drug-likeness (QED) is 0.432. The van der Waals surface area contributed by atoms with E-state index in [4.69, 9.17) is 4.74 Å². The minimum atomic E-state index is -1.25. The van der Waals surface area contributed by atoms with Gasteiger partial charge in [0.1, 0.15) is 0 Å². The summed E-state index contributed by atoms with van der Waals surface area (Å²) < 4.78 is 9.15. The van der Waals surface area contributed by atoms with E-state index in [1.165, 1.54) is 28.4 Å². The third kappa shape index (κ3) is 2.86. The Hall–Kier alpha value is -4.34. The predicted molar refractivity (Wildman–Crippen MR) is 134 cm³/mol. The third-order valence-corrected chi connectivity index (χ3v) is 8.30. The first-order valence-corrected chi connectivity index (χ1v) is 12.1. The number of methoxy groups -OCH3 is 1. The average Bonchev–Trinajstić information content (AvgIpc) is 3.24. The van der Waals surface area contributed by atoms with Gasteiger partial charge in [-0.05, 0) is 37.1 Å². The number of aromatic hydroxyl groups is 1. The van der Waals surface area contributed by atoms with E-state index in [1.807, 2.05) is 6.08 Å². The molecule has 3 aromatic rings. The SMILES string of the molecule is COc1cccc([C@H]2C3=CCn4c(=O)n(C)c(=O)n4[C@@H]3C[C@H]3C(=O)N(c4ccccc4)C(=O)[C@@]23C)c1O. The number of hydrogen-bond donors (Lipinski definition) is 1. The molecule has 6 rings (SSSR count). The molecule has 0 bridgehead atoms. The van der Waals surface area contributed by atoms with Crippen LogP contribution in [0, 0.1) is 11.3 Å². The summed E-state index contributed by atoms with van der Waals surface area (Å²) >= 11 is 0. The Morgan fingerprint density at radius 1 is 1.00 bits per heavy atom. The first kappa shape index (κ1) is 23.1. The number of phenols is 1. The van der Waals surface area contributed by atoms with Gasteiger partial charge in [-0.25, -0.2) is 28.4 Å². The number of allylic oxidation sites excluding steroid dienone is 2. The lowest BCUT2D eigenvalue weighted by atomic mass is 9.56. The van der Waals surface area contributed by atoms with Crippen LogP contribution in [0.25, 0.3) is 0 Å². The molecule has 4 atom stereocenters. The second-order valence-electron chi connectivity index (χ2n) is 9.99. The predicted octanol–water partition coefficient (Wildman–Crippen LogP) is 1.93. The van der Waals surface area contributed by atoms with Gasteiger partial charge in [-0.15, -0.1) is 0 Å². The first-order chi connectivity index (χ1) is 17.7. The fourth-order valence-electron chi connectivity index (χ4n) is 6.49. The number of rotatable bonds is 3. The van der Waals surface area contributed by atoms with Crippen molar-refractivity contribution in [2.24, 2.45) is 18.4 Å². The molecule has 1 saturated heterocycles. The molecule has 2 aliphatic heterocycles. The van der Waals surface area contributed by atoms with Crippen molar-refractivity contribution in [3.05, 3.63) is 86.7 Å². The average molecular weight is 503 g/mol. The van der Waals surface area contributed by atoms with Crippen molar-refractivity contribution in [2.75, 3.05) is 12.0 Å². The van der Waals surface area contributed by atoms with Crippen LogP contribution < -0.4 is 21.0 Å². The van der Waals surface area contributed by atoms with E-state index >= 15 is 0 Å². The Balaban J connectivity index is 1.62. The number of carbonyl (C=O) groups excluding carboxylic acids is 2. The molecule has 0 spiro atoms. The molecule has 37 heavy (non-hydrogen) atoms. The van der Waals surface area contributed by atoms with Crippen LogP contribution in [0.5, 0.6) is 11.5 Å². The second-order valence-corrected chi connectivity index (χ2v) is 9.99. The molecular weight excluding hydrogens is 476 g/mol. The molecule has 2 amide bonds. The normalized spacial score (nSPS) is 26.4. The molecule has 3 aliphatic rings. The molecule has 10 heteroatoms. The molecule has 0 unspecified atom stereocenters. The van der Waals surface area contributed by atoms with Gasteiger partial charge >= 0.3 is 11.4 Å². The number of imide groups is 1. The molecular formula is C27H26N4O6. The van der Waals surface area contributed by atoms with Crippen LogP contribution in [0.3, 0.4) is 0 Å². The largest absolute Gasteiger partial charge is 0.504 e. The maximum atomic E-state index is 14.2. The number of aromatic nitrogens is 3. The molecule has 190 valence electrons. The highest BCUT2D eigenvalue weighted by Gasteiger charge is 2.65. The fourth-order valence-corrected chi connectivity index (χ4v) is 6.49. The van der Waals surface area contributed by atoms with Crippen LogP contribution in [0.2, 0.25) is 0 Å². The van der Waals surface area contributed by atoms with E-state index in [2.05, 4.69) is 0 Å². The van der Waals surface area contributed by atoms with Crippen molar-refractivity contribution in [3.8, 4) is 11.5 Å². The fraction of sp³-hybridized carbons (Fsp3) is 0.333. The van der Waals surface area contributed by atoms with E-state index in [0.29, 0.717) is 16.8 Å². The first-order valence-electron chi connectivity index (χ1n) is 12.1. The Morgan fingerprint density at radius 2 is 1.73 bits per heavy atom. The zero-order valence-corrected chi connectivity index (χ0v) is 20.6. The van der Waals surface area contributed by atoms with Crippen LogP contribution in [-0.2, 0) is 23.2 Å². The van der Waals surface area contributed by atoms with E-state index in [0.717, 1.165) is 4.57 Å². The van der Waals surface area contributed by atoms with Crippen molar-refractivity contribution >= 4 is 17.5 Å². The van der Waals surface area contributed by atoms with Crippen LogP contribution in [0.15, 0.2) is 69.8 Å². The van der Waals surface area contributed by atoms with Crippen molar-refractivity contribution < 1.29 is 19.4 Å². The molecule has 10 nitrogen and oxygen atoms in total. The van der Waals surface area contributed by atoms with Crippen molar-refractivity contribution in [3.63, 3.8) is 0 Å².